The second-order valence-corrected chi connectivity index (χ2v) is 7.11. The first-order chi connectivity index (χ1) is 15.4. The Morgan fingerprint density at radius 3 is 2.47 bits per heavy atom. The van der Waals surface area contributed by atoms with Crippen LogP contribution in [0, 0.1) is 13.8 Å². The number of ether oxygens (including phenoxy) is 2. The summed E-state index contributed by atoms with van der Waals surface area (Å²) in [6.07, 6.45) is 0. The van der Waals surface area contributed by atoms with Gasteiger partial charge in [-0.3, -0.25) is 4.99 Å². The molecule has 0 aliphatic heterocycles. The maximum Gasteiger partial charge on any atom is 0.387 e. The summed E-state index contributed by atoms with van der Waals surface area (Å²) >= 11 is 0. The van der Waals surface area contributed by atoms with Crippen molar-refractivity contribution < 1.29 is 18.3 Å². The molecule has 2 N–H and O–H groups in total. The molecule has 0 spiro atoms. The molecule has 0 atom stereocenters. The molecular weight excluding hydrogens is 416 g/mol. The first kappa shape index (κ1) is 23.1. The minimum absolute atomic E-state index is 0.0106. The molecule has 0 amide bonds. The zero-order chi connectivity index (χ0) is 23.1. The molecule has 7 nitrogen and oxygen atoms in total. The van der Waals surface area contributed by atoms with Crippen molar-refractivity contribution in [2.24, 2.45) is 4.99 Å². The lowest BCUT2D eigenvalue weighted by Crippen LogP contribution is -2.36. The minimum atomic E-state index is -2.93. The standard InChI is InChI=1S/C23H27F2N5O2/c1-15-11-16(2)30(29-15)19-8-6-5-7-18(19)14-28-23(26-3)27-13-17-9-10-20(31-4)21(12-17)32-22(24)25/h5-12,22H,13-14H2,1-4H3,(H2,26,27,28). The largest absolute Gasteiger partial charge is 0.493 e. The Hall–Kier alpha value is -3.62. The summed E-state index contributed by atoms with van der Waals surface area (Å²) in [6.45, 7) is 1.95. The Bertz CT molecular complexity index is 1080. The van der Waals surface area contributed by atoms with Crippen molar-refractivity contribution in [3.63, 3.8) is 0 Å². The number of hydrogen-bond donors (Lipinski definition) is 2. The van der Waals surface area contributed by atoms with Crippen LogP contribution in [0.25, 0.3) is 5.69 Å². The average molecular weight is 443 g/mol. The van der Waals surface area contributed by atoms with E-state index in [-0.39, 0.29) is 11.5 Å². The Morgan fingerprint density at radius 1 is 1.06 bits per heavy atom. The van der Waals surface area contributed by atoms with Crippen LogP contribution in [-0.4, -0.2) is 36.5 Å². The van der Waals surface area contributed by atoms with Crippen LogP contribution >= 0.6 is 0 Å². The van der Waals surface area contributed by atoms with Gasteiger partial charge in [-0.1, -0.05) is 24.3 Å². The van der Waals surface area contributed by atoms with Crippen LogP contribution < -0.4 is 20.1 Å². The number of methoxy groups -OCH3 is 1. The summed E-state index contributed by atoms with van der Waals surface area (Å²) in [7, 11) is 3.07. The number of nitrogens with zero attached hydrogens (tertiary/aromatic N) is 3. The molecule has 0 aliphatic carbocycles. The Labute approximate surface area is 186 Å². The van der Waals surface area contributed by atoms with Gasteiger partial charge in [0, 0.05) is 25.8 Å². The predicted molar refractivity (Wildman–Crippen MR) is 120 cm³/mol. The van der Waals surface area contributed by atoms with E-state index in [9.17, 15) is 8.78 Å². The van der Waals surface area contributed by atoms with Gasteiger partial charge < -0.3 is 20.1 Å². The second kappa shape index (κ2) is 10.6. The van der Waals surface area contributed by atoms with E-state index in [1.54, 1.807) is 19.2 Å². The number of aryl methyl sites for hydroxylation is 2. The van der Waals surface area contributed by atoms with E-state index in [2.05, 4.69) is 25.5 Å². The first-order valence-corrected chi connectivity index (χ1v) is 10.1. The number of guanidine groups is 1. The van der Waals surface area contributed by atoms with Crippen molar-refractivity contribution in [2.45, 2.75) is 33.5 Å². The van der Waals surface area contributed by atoms with E-state index in [1.165, 1.54) is 13.2 Å². The number of nitrogens with one attached hydrogen (secondary N) is 2. The van der Waals surface area contributed by atoms with Gasteiger partial charge in [0.1, 0.15) is 0 Å². The lowest BCUT2D eigenvalue weighted by atomic mass is 10.1. The maximum absolute atomic E-state index is 12.7. The molecular formula is C23H27F2N5O2. The van der Waals surface area contributed by atoms with Gasteiger partial charge in [0.15, 0.2) is 17.5 Å². The topological polar surface area (TPSA) is 72.7 Å². The third-order valence-corrected chi connectivity index (χ3v) is 4.80. The smallest absolute Gasteiger partial charge is 0.387 e. The molecule has 32 heavy (non-hydrogen) atoms. The normalized spacial score (nSPS) is 11.5. The molecule has 1 heterocycles. The SMILES string of the molecule is CN=C(NCc1ccc(OC)c(OC(F)F)c1)NCc1ccccc1-n1nc(C)cc1C. The Morgan fingerprint density at radius 2 is 1.81 bits per heavy atom. The molecule has 3 rings (SSSR count). The van der Waals surface area contributed by atoms with Crippen LogP contribution in [0.2, 0.25) is 0 Å². The number of aromatic nitrogens is 2. The van der Waals surface area contributed by atoms with Crippen molar-refractivity contribution in [3.8, 4) is 17.2 Å². The van der Waals surface area contributed by atoms with Gasteiger partial charge in [0.25, 0.3) is 0 Å². The minimum Gasteiger partial charge on any atom is -0.493 e. The highest BCUT2D eigenvalue weighted by atomic mass is 19.3. The third kappa shape index (κ3) is 5.75. The van der Waals surface area contributed by atoms with Gasteiger partial charge in [-0.25, -0.2) is 4.68 Å². The fourth-order valence-electron chi connectivity index (χ4n) is 3.34. The second-order valence-electron chi connectivity index (χ2n) is 7.11. The highest BCUT2D eigenvalue weighted by Gasteiger charge is 2.12. The van der Waals surface area contributed by atoms with Crippen molar-refractivity contribution in [1.82, 2.24) is 20.4 Å². The molecule has 2 aromatic carbocycles. The van der Waals surface area contributed by atoms with E-state index in [4.69, 9.17) is 4.74 Å². The molecule has 0 radical (unpaired) electrons. The monoisotopic (exact) mass is 443 g/mol. The zero-order valence-electron chi connectivity index (χ0n) is 18.5. The predicted octanol–water partition coefficient (Wildman–Crippen LogP) is 3.96. The number of benzene rings is 2. The lowest BCUT2D eigenvalue weighted by Gasteiger charge is -2.16. The number of rotatable bonds is 8. The van der Waals surface area contributed by atoms with Crippen molar-refractivity contribution in [1.29, 1.82) is 0 Å². The van der Waals surface area contributed by atoms with E-state index >= 15 is 0 Å². The number of halogens is 2. The number of aliphatic imine (C=N–C) groups is 1. The summed E-state index contributed by atoms with van der Waals surface area (Å²) in [4.78, 5) is 4.24. The van der Waals surface area contributed by atoms with Gasteiger partial charge in [0.05, 0.1) is 18.5 Å². The summed E-state index contributed by atoms with van der Waals surface area (Å²) in [5.74, 6) is 0.807. The van der Waals surface area contributed by atoms with Crippen LogP contribution in [0.5, 0.6) is 11.5 Å². The molecule has 1 aromatic heterocycles. The zero-order valence-corrected chi connectivity index (χ0v) is 18.5. The fourth-order valence-corrected chi connectivity index (χ4v) is 3.34. The Kier molecular flexibility index (Phi) is 7.64. The molecule has 0 unspecified atom stereocenters. The molecule has 0 saturated heterocycles. The van der Waals surface area contributed by atoms with Crippen molar-refractivity contribution in [3.05, 3.63) is 71.0 Å². The van der Waals surface area contributed by atoms with Crippen LogP contribution in [-0.2, 0) is 13.1 Å². The van der Waals surface area contributed by atoms with E-state index in [0.717, 1.165) is 28.2 Å². The average Bonchev–Trinajstić information content (AvgIpc) is 3.11. The van der Waals surface area contributed by atoms with E-state index in [0.29, 0.717) is 19.0 Å². The van der Waals surface area contributed by atoms with Gasteiger partial charge in [-0.05, 0) is 49.2 Å². The first-order valence-electron chi connectivity index (χ1n) is 10.1. The van der Waals surface area contributed by atoms with Crippen LogP contribution in [0.1, 0.15) is 22.5 Å². The molecule has 0 fully saturated rings. The quantitative estimate of drug-likeness (QED) is 0.407. The summed E-state index contributed by atoms with van der Waals surface area (Å²) in [5, 5.41) is 11.0. The van der Waals surface area contributed by atoms with Gasteiger partial charge in [0.2, 0.25) is 0 Å². The van der Waals surface area contributed by atoms with Gasteiger partial charge >= 0.3 is 6.61 Å². The van der Waals surface area contributed by atoms with Crippen molar-refractivity contribution in [2.75, 3.05) is 14.2 Å². The third-order valence-electron chi connectivity index (χ3n) is 4.80. The summed E-state index contributed by atoms with van der Waals surface area (Å²) in [5.41, 5.74) is 4.80. The fraction of sp³-hybridized carbons (Fsp3) is 0.304. The maximum atomic E-state index is 12.7. The molecule has 9 heteroatoms. The molecule has 0 saturated carbocycles. The Balaban J connectivity index is 1.66. The highest BCUT2D eigenvalue weighted by Crippen LogP contribution is 2.29. The lowest BCUT2D eigenvalue weighted by molar-refractivity contribution is -0.0512. The van der Waals surface area contributed by atoms with Crippen LogP contribution in [0.4, 0.5) is 8.78 Å². The van der Waals surface area contributed by atoms with Crippen LogP contribution in [0.15, 0.2) is 53.5 Å². The van der Waals surface area contributed by atoms with Crippen molar-refractivity contribution >= 4 is 5.96 Å². The van der Waals surface area contributed by atoms with E-state index < -0.39 is 6.61 Å². The number of hydrogen-bond acceptors (Lipinski definition) is 4. The van der Waals surface area contributed by atoms with Gasteiger partial charge in [-0.2, -0.15) is 13.9 Å². The summed E-state index contributed by atoms with van der Waals surface area (Å²) in [6, 6.07) is 14.9. The van der Waals surface area contributed by atoms with Crippen LogP contribution in [0.3, 0.4) is 0 Å². The van der Waals surface area contributed by atoms with E-state index in [1.807, 2.05) is 48.9 Å². The summed E-state index contributed by atoms with van der Waals surface area (Å²) < 4.78 is 36.8. The highest BCUT2D eigenvalue weighted by molar-refractivity contribution is 5.79. The number of alkyl halides is 2. The molecule has 170 valence electrons. The molecule has 3 aromatic rings. The molecule has 0 bridgehead atoms. The number of para-hydroxylation sites is 1. The van der Waals surface area contributed by atoms with Gasteiger partial charge in [-0.15, -0.1) is 0 Å². The molecule has 0 aliphatic rings.